The van der Waals surface area contributed by atoms with Gasteiger partial charge >= 0.3 is 0 Å². The van der Waals surface area contributed by atoms with Crippen molar-refractivity contribution in [2.45, 2.75) is 19.5 Å². The first-order chi connectivity index (χ1) is 12.6. The number of aromatic amines is 1. The lowest BCUT2D eigenvalue weighted by molar-refractivity contribution is 0.240. The SMILES string of the molecule is O=c1[nH]c(-c2cccnc2)nc2c1CCN(Cc1ccc(O)c(O)c1)C2. The molecule has 0 saturated carbocycles. The van der Waals surface area contributed by atoms with E-state index in [9.17, 15) is 15.0 Å². The van der Waals surface area contributed by atoms with Crippen LogP contribution >= 0.6 is 0 Å². The fourth-order valence-electron chi connectivity index (χ4n) is 3.19. The van der Waals surface area contributed by atoms with Gasteiger partial charge in [-0.1, -0.05) is 6.07 Å². The summed E-state index contributed by atoms with van der Waals surface area (Å²) in [5.41, 5.74) is 3.05. The van der Waals surface area contributed by atoms with Crippen LogP contribution in [-0.4, -0.2) is 36.6 Å². The standard InChI is InChI=1S/C19H18N4O3/c24-16-4-3-12(8-17(16)25)10-23-7-5-14-15(11-23)21-18(22-19(14)26)13-2-1-6-20-9-13/h1-4,6,8-9,24-25H,5,7,10-11H2,(H,21,22,26). The minimum atomic E-state index is -0.132. The zero-order chi connectivity index (χ0) is 18.1. The number of fused-ring (bicyclic) bond motifs is 1. The quantitative estimate of drug-likeness (QED) is 0.623. The molecule has 3 aromatic rings. The van der Waals surface area contributed by atoms with Crippen LogP contribution in [0, 0.1) is 0 Å². The Morgan fingerprint density at radius 2 is 2.08 bits per heavy atom. The Kier molecular flexibility index (Phi) is 4.14. The number of aromatic hydroxyl groups is 2. The molecule has 4 rings (SSSR count). The minimum Gasteiger partial charge on any atom is -0.504 e. The Hall–Kier alpha value is -3.19. The third kappa shape index (κ3) is 3.16. The van der Waals surface area contributed by atoms with E-state index in [0.29, 0.717) is 25.3 Å². The fourth-order valence-corrected chi connectivity index (χ4v) is 3.19. The highest BCUT2D eigenvalue weighted by molar-refractivity contribution is 5.53. The number of phenols is 2. The number of benzene rings is 1. The van der Waals surface area contributed by atoms with Crippen molar-refractivity contribution in [1.82, 2.24) is 19.9 Å². The molecule has 1 aromatic carbocycles. The normalized spacial score (nSPS) is 14.2. The van der Waals surface area contributed by atoms with Crippen LogP contribution in [0.4, 0.5) is 0 Å². The Morgan fingerprint density at radius 3 is 2.85 bits per heavy atom. The number of pyridine rings is 1. The highest BCUT2D eigenvalue weighted by Gasteiger charge is 2.21. The first-order valence-corrected chi connectivity index (χ1v) is 8.36. The number of rotatable bonds is 3. The van der Waals surface area contributed by atoms with Crippen LogP contribution in [-0.2, 0) is 19.5 Å². The molecule has 0 atom stereocenters. The summed E-state index contributed by atoms with van der Waals surface area (Å²) in [7, 11) is 0. The summed E-state index contributed by atoms with van der Waals surface area (Å²) in [6.07, 6.45) is 3.97. The summed E-state index contributed by atoms with van der Waals surface area (Å²) in [6.45, 7) is 1.88. The molecule has 7 nitrogen and oxygen atoms in total. The summed E-state index contributed by atoms with van der Waals surface area (Å²) < 4.78 is 0. The van der Waals surface area contributed by atoms with Gasteiger partial charge in [-0.05, 0) is 36.2 Å². The van der Waals surface area contributed by atoms with E-state index in [1.165, 1.54) is 6.07 Å². The van der Waals surface area contributed by atoms with E-state index < -0.39 is 0 Å². The van der Waals surface area contributed by atoms with E-state index in [-0.39, 0.29) is 17.1 Å². The second kappa shape index (κ2) is 6.61. The van der Waals surface area contributed by atoms with Crippen molar-refractivity contribution >= 4 is 0 Å². The zero-order valence-electron chi connectivity index (χ0n) is 14.0. The molecule has 0 bridgehead atoms. The van der Waals surface area contributed by atoms with Crippen molar-refractivity contribution in [3.63, 3.8) is 0 Å². The Balaban J connectivity index is 1.60. The molecular weight excluding hydrogens is 332 g/mol. The molecule has 0 saturated heterocycles. The van der Waals surface area contributed by atoms with E-state index in [1.807, 2.05) is 6.07 Å². The van der Waals surface area contributed by atoms with Gasteiger partial charge in [-0.15, -0.1) is 0 Å². The average Bonchev–Trinajstić information content (AvgIpc) is 2.65. The van der Waals surface area contributed by atoms with Gasteiger partial charge in [0.2, 0.25) is 0 Å². The maximum atomic E-state index is 12.4. The molecule has 132 valence electrons. The summed E-state index contributed by atoms with van der Waals surface area (Å²) in [6, 6.07) is 8.47. The van der Waals surface area contributed by atoms with Crippen LogP contribution in [0.2, 0.25) is 0 Å². The Labute approximate surface area is 149 Å². The minimum absolute atomic E-state index is 0.101. The van der Waals surface area contributed by atoms with Crippen molar-refractivity contribution in [1.29, 1.82) is 0 Å². The molecule has 26 heavy (non-hydrogen) atoms. The molecule has 1 aliphatic rings. The topological polar surface area (TPSA) is 102 Å². The third-order valence-corrected chi connectivity index (χ3v) is 4.53. The van der Waals surface area contributed by atoms with Crippen LogP contribution in [0.25, 0.3) is 11.4 Å². The van der Waals surface area contributed by atoms with Crippen LogP contribution in [0.15, 0.2) is 47.5 Å². The van der Waals surface area contributed by atoms with Gasteiger partial charge in [0.1, 0.15) is 5.82 Å². The van der Waals surface area contributed by atoms with Gasteiger partial charge in [0, 0.05) is 43.2 Å². The van der Waals surface area contributed by atoms with E-state index in [2.05, 4.69) is 19.9 Å². The van der Waals surface area contributed by atoms with Gasteiger partial charge in [-0.3, -0.25) is 14.7 Å². The van der Waals surface area contributed by atoms with Gasteiger partial charge in [-0.25, -0.2) is 4.98 Å². The van der Waals surface area contributed by atoms with Gasteiger partial charge in [-0.2, -0.15) is 0 Å². The molecular formula is C19H18N4O3. The number of aromatic nitrogens is 3. The first kappa shape index (κ1) is 16.3. The Morgan fingerprint density at radius 1 is 1.19 bits per heavy atom. The lowest BCUT2D eigenvalue weighted by atomic mass is 10.0. The van der Waals surface area contributed by atoms with Crippen molar-refractivity contribution in [2.24, 2.45) is 0 Å². The van der Waals surface area contributed by atoms with Gasteiger partial charge in [0.05, 0.1) is 5.69 Å². The molecule has 0 radical (unpaired) electrons. The highest BCUT2D eigenvalue weighted by atomic mass is 16.3. The molecule has 0 aliphatic carbocycles. The zero-order valence-corrected chi connectivity index (χ0v) is 14.0. The highest BCUT2D eigenvalue weighted by Crippen LogP contribution is 2.26. The molecule has 1 aliphatic heterocycles. The molecule has 3 heterocycles. The number of hydrogen-bond donors (Lipinski definition) is 3. The van der Waals surface area contributed by atoms with Crippen LogP contribution in [0.3, 0.4) is 0 Å². The summed E-state index contributed by atoms with van der Waals surface area (Å²) >= 11 is 0. The average molecular weight is 350 g/mol. The number of phenolic OH excluding ortho intramolecular Hbond substituents is 2. The van der Waals surface area contributed by atoms with Crippen molar-refractivity contribution in [2.75, 3.05) is 6.54 Å². The van der Waals surface area contributed by atoms with E-state index >= 15 is 0 Å². The van der Waals surface area contributed by atoms with E-state index in [4.69, 9.17) is 0 Å². The molecule has 7 heteroatoms. The molecule has 0 unspecified atom stereocenters. The van der Waals surface area contributed by atoms with Gasteiger partial charge < -0.3 is 15.2 Å². The van der Waals surface area contributed by atoms with Crippen molar-refractivity contribution in [3.8, 4) is 22.9 Å². The maximum absolute atomic E-state index is 12.4. The maximum Gasteiger partial charge on any atom is 0.254 e. The lowest BCUT2D eigenvalue weighted by Gasteiger charge is -2.27. The number of nitrogens with zero attached hydrogens (tertiary/aromatic N) is 3. The number of hydrogen-bond acceptors (Lipinski definition) is 6. The summed E-state index contributed by atoms with van der Waals surface area (Å²) in [4.78, 5) is 26.1. The predicted octanol–water partition coefficient (Wildman–Crippen LogP) is 1.80. The molecule has 0 spiro atoms. The van der Waals surface area contributed by atoms with E-state index in [0.717, 1.165) is 28.9 Å². The van der Waals surface area contributed by atoms with Crippen LogP contribution in [0.5, 0.6) is 11.5 Å². The molecule has 3 N–H and O–H groups in total. The van der Waals surface area contributed by atoms with Crippen LogP contribution < -0.4 is 5.56 Å². The summed E-state index contributed by atoms with van der Waals surface area (Å²) in [5, 5.41) is 19.1. The number of nitrogens with one attached hydrogen (secondary N) is 1. The number of H-pyrrole nitrogens is 1. The lowest BCUT2D eigenvalue weighted by Crippen LogP contribution is -2.35. The third-order valence-electron chi connectivity index (χ3n) is 4.53. The fraction of sp³-hybridized carbons (Fsp3) is 0.211. The molecule has 0 amide bonds. The second-order valence-corrected chi connectivity index (χ2v) is 6.37. The monoisotopic (exact) mass is 350 g/mol. The van der Waals surface area contributed by atoms with Gasteiger partial charge in [0.25, 0.3) is 5.56 Å². The predicted molar refractivity (Wildman–Crippen MR) is 95.7 cm³/mol. The van der Waals surface area contributed by atoms with Crippen molar-refractivity contribution in [3.05, 3.63) is 69.9 Å². The van der Waals surface area contributed by atoms with E-state index in [1.54, 1.807) is 30.6 Å². The largest absolute Gasteiger partial charge is 0.504 e. The summed E-state index contributed by atoms with van der Waals surface area (Å²) in [5.74, 6) is 0.256. The van der Waals surface area contributed by atoms with Gasteiger partial charge in [0.15, 0.2) is 11.5 Å². The second-order valence-electron chi connectivity index (χ2n) is 6.37. The Bertz CT molecular complexity index is 1000. The van der Waals surface area contributed by atoms with Crippen LogP contribution in [0.1, 0.15) is 16.8 Å². The molecule has 2 aromatic heterocycles. The first-order valence-electron chi connectivity index (χ1n) is 8.36. The molecule has 0 fully saturated rings. The smallest absolute Gasteiger partial charge is 0.254 e. The van der Waals surface area contributed by atoms with Crippen molar-refractivity contribution < 1.29 is 10.2 Å².